The zero-order valence-corrected chi connectivity index (χ0v) is 15.1. The highest BCUT2D eigenvalue weighted by Gasteiger charge is 2.32. The molecule has 0 bridgehead atoms. The van der Waals surface area contributed by atoms with Gasteiger partial charge in [0.2, 0.25) is 5.91 Å². The molecule has 0 spiro atoms. The molecule has 6 heteroatoms. The van der Waals surface area contributed by atoms with E-state index in [2.05, 4.69) is 5.32 Å². The molecule has 1 amide bonds. The monoisotopic (exact) mass is 363 g/mol. The fraction of sp³-hybridized carbons (Fsp3) is 0.238. The molecule has 0 saturated carbocycles. The van der Waals surface area contributed by atoms with Crippen LogP contribution in [0.15, 0.2) is 48.5 Å². The van der Waals surface area contributed by atoms with E-state index in [4.69, 9.17) is 20.2 Å². The number of nitrogens with one attached hydrogen (secondary N) is 1. The summed E-state index contributed by atoms with van der Waals surface area (Å²) < 4.78 is 10.8. The Kier molecular flexibility index (Phi) is 4.75. The van der Waals surface area contributed by atoms with Crippen LogP contribution in [0.3, 0.4) is 0 Å². The molecule has 0 saturated heterocycles. The second-order valence-corrected chi connectivity index (χ2v) is 6.40. The van der Waals surface area contributed by atoms with Crippen molar-refractivity contribution in [3.8, 4) is 5.75 Å². The topological polar surface area (TPSA) is 86.5 Å². The zero-order valence-electron chi connectivity index (χ0n) is 15.1. The van der Waals surface area contributed by atoms with Gasteiger partial charge in [0.25, 0.3) is 0 Å². The molecule has 1 aromatic heterocycles. The van der Waals surface area contributed by atoms with Crippen LogP contribution >= 0.6 is 0 Å². The number of amides is 1. The standard InChI is InChI=1S/C21H21N3O3/c1-26-10-11-27-19-9-8-17-13(15(19)12-22)6-7-18(23-17)20-14-4-2-3-5-16(14)24-21(20)25/h2-9,20H,10-12,22H2,1H3,(H,24,25). The third-order valence-corrected chi connectivity index (χ3v) is 4.80. The lowest BCUT2D eigenvalue weighted by Crippen LogP contribution is -2.14. The minimum Gasteiger partial charge on any atom is -0.491 e. The molecule has 1 unspecified atom stereocenters. The van der Waals surface area contributed by atoms with Crippen molar-refractivity contribution in [2.45, 2.75) is 12.5 Å². The van der Waals surface area contributed by atoms with E-state index in [1.54, 1.807) is 7.11 Å². The third-order valence-electron chi connectivity index (χ3n) is 4.80. The number of nitrogens with zero attached hydrogens (tertiary/aromatic N) is 1. The van der Waals surface area contributed by atoms with Crippen LogP contribution < -0.4 is 15.8 Å². The van der Waals surface area contributed by atoms with Crippen molar-refractivity contribution in [3.63, 3.8) is 0 Å². The number of fused-ring (bicyclic) bond motifs is 2. The second-order valence-electron chi connectivity index (χ2n) is 6.40. The molecule has 1 aliphatic rings. The van der Waals surface area contributed by atoms with Gasteiger partial charge < -0.3 is 20.5 Å². The highest BCUT2D eigenvalue weighted by atomic mass is 16.5. The Morgan fingerprint density at radius 3 is 2.78 bits per heavy atom. The quantitative estimate of drug-likeness (QED) is 0.658. The van der Waals surface area contributed by atoms with E-state index in [0.29, 0.717) is 19.8 Å². The fourth-order valence-electron chi connectivity index (χ4n) is 3.50. The molecule has 138 valence electrons. The molecule has 1 atom stereocenters. The first-order chi connectivity index (χ1) is 13.2. The van der Waals surface area contributed by atoms with E-state index in [-0.39, 0.29) is 5.91 Å². The summed E-state index contributed by atoms with van der Waals surface area (Å²) in [6.45, 7) is 1.31. The summed E-state index contributed by atoms with van der Waals surface area (Å²) in [4.78, 5) is 17.2. The summed E-state index contributed by atoms with van der Waals surface area (Å²) in [5.74, 6) is 0.284. The van der Waals surface area contributed by atoms with Gasteiger partial charge in [-0.15, -0.1) is 0 Å². The molecule has 3 N–H and O–H groups in total. The molecule has 0 radical (unpaired) electrons. The molecule has 0 fully saturated rings. The number of rotatable bonds is 6. The van der Waals surface area contributed by atoms with Gasteiger partial charge in [0, 0.05) is 30.3 Å². The van der Waals surface area contributed by atoms with Crippen molar-refractivity contribution in [3.05, 3.63) is 65.4 Å². The van der Waals surface area contributed by atoms with E-state index in [9.17, 15) is 4.79 Å². The van der Waals surface area contributed by atoms with E-state index >= 15 is 0 Å². The van der Waals surface area contributed by atoms with Crippen molar-refractivity contribution >= 4 is 22.5 Å². The van der Waals surface area contributed by atoms with Gasteiger partial charge in [-0.25, -0.2) is 0 Å². The van der Waals surface area contributed by atoms with E-state index < -0.39 is 5.92 Å². The van der Waals surface area contributed by atoms with Gasteiger partial charge in [-0.2, -0.15) is 0 Å². The molecule has 1 aliphatic heterocycles. The number of para-hydroxylation sites is 1. The van der Waals surface area contributed by atoms with Crippen LogP contribution in [-0.4, -0.2) is 31.2 Å². The Bertz CT molecular complexity index is 1000. The number of nitrogens with two attached hydrogens (primary N) is 1. The van der Waals surface area contributed by atoms with Gasteiger partial charge in [0.1, 0.15) is 18.3 Å². The lowest BCUT2D eigenvalue weighted by Gasteiger charge is -2.14. The Morgan fingerprint density at radius 1 is 1.11 bits per heavy atom. The molecular weight excluding hydrogens is 342 g/mol. The Morgan fingerprint density at radius 2 is 1.96 bits per heavy atom. The molecular formula is C21H21N3O3. The van der Waals surface area contributed by atoms with Gasteiger partial charge >= 0.3 is 0 Å². The summed E-state index contributed by atoms with van der Waals surface area (Å²) in [6.07, 6.45) is 0. The number of hydrogen-bond donors (Lipinski definition) is 2. The number of ether oxygens (including phenoxy) is 2. The summed E-state index contributed by atoms with van der Waals surface area (Å²) >= 11 is 0. The Hall–Kier alpha value is -2.96. The molecule has 27 heavy (non-hydrogen) atoms. The Balaban J connectivity index is 1.73. The minimum absolute atomic E-state index is 0.0541. The number of benzene rings is 2. The van der Waals surface area contributed by atoms with Crippen molar-refractivity contribution in [1.82, 2.24) is 4.98 Å². The average Bonchev–Trinajstić information content (AvgIpc) is 3.03. The summed E-state index contributed by atoms with van der Waals surface area (Å²) in [5.41, 5.74) is 10.2. The van der Waals surface area contributed by atoms with Crippen LogP contribution in [0.5, 0.6) is 5.75 Å². The van der Waals surface area contributed by atoms with Crippen LogP contribution in [0.1, 0.15) is 22.7 Å². The number of hydrogen-bond acceptors (Lipinski definition) is 5. The number of methoxy groups -OCH3 is 1. The summed E-state index contributed by atoms with van der Waals surface area (Å²) in [7, 11) is 1.64. The molecule has 3 aromatic rings. The van der Waals surface area contributed by atoms with Crippen molar-refractivity contribution in [2.24, 2.45) is 5.73 Å². The lowest BCUT2D eigenvalue weighted by atomic mass is 9.95. The minimum atomic E-state index is -0.399. The number of carbonyl (C=O) groups excluding carboxylic acids is 1. The number of pyridine rings is 1. The van der Waals surface area contributed by atoms with E-state index in [0.717, 1.165) is 39.2 Å². The third kappa shape index (κ3) is 3.13. The maximum Gasteiger partial charge on any atom is 0.238 e. The van der Waals surface area contributed by atoms with Gasteiger partial charge in [-0.3, -0.25) is 9.78 Å². The number of carbonyl (C=O) groups is 1. The number of aromatic nitrogens is 1. The largest absolute Gasteiger partial charge is 0.491 e. The van der Waals surface area contributed by atoms with Crippen molar-refractivity contribution < 1.29 is 14.3 Å². The highest BCUT2D eigenvalue weighted by Crippen LogP contribution is 2.37. The van der Waals surface area contributed by atoms with Gasteiger partial charge in [0.15, 0.2) is 0 Å². The molecule has 4 rings (SSSR count). The zero-order chi connectivity index (χ0) is 18.8. The first kappa shape index (κ1) is 17.5. The van der Waals surface area contributed by atoms with Crippen LogP contribution in [0.4, 0.5) is 5.69 Å². The predicted octanol–water partition coefficient (Wildman–Crippen LogP) is 2.80. The molecule has 0 aliphatic carbocycles. The van der Waals surface area contributed by atoms with Crippen LogP contribution in [-0.2, 0) is 16.1 Å². The fourth-order valence-corrected chi connectivity index (χ4v) is 3.50. The number of anilines is 1. The Labute approximate surface area is 157 Å². The molecule has 6 nitrogen and oxygen atoms in total. The maximum atomic E-state index is 12.5. The average molecular weight is 363 g/mol. The van der Waals surface area contributed by atoms with Crippen molar-refractivity contribution in [1.29, 1.82) is 0 Å². The lowest BCUT2D eigenvalue weighted by molar-refractivity contribution is -0.116. The van der Waals surface area contributed by atoms with Gasteiger partial charge in [-0.05, 0) is 29.8 Å². The first-order valence-electron chi connectivity index (χ1n) is 8.87. The van der Waals surface area contributed by atoms with Gasteiger partial charge in [-0.1, -0.05) is 24.3 Å². The molecule has 2 aromatic carbocycles. The SMILES string of the molecule is COCCOc1ccc2nc(C3C(=O)Nc4ccccc43)ccc2c1CN. The summed E-state index contributed by atoms with van der Waals surface area (Å²) in [6, 6.07) is 15.4. The van der Waals surface area contributed by atoms with Crippen molar-refractivity contribution in [2.75, 3.05) is 25.6 Å². The van der Waals surface area contributed by atoms with E-state index in [1.807, 2.05) is 48.5 Å². The first-order valence-corrected chi connectivity index (χ1v) is 8.87. The predicted molar refractivity (Wildman–Crippen MR) is 104 cm³/mol. The van der Waals surface area contributed by atoms with Crippen LogP contribution in [0, 0.1) is 0 Å². The van der Waals surface area contributed by atoms with E-state index in [1.165, 1.54) is 0 Å². The second kappa shape index (κ2) is 7.34. The van der Waals surface area contributed by atoms with Gasteiger partial charge in [0.05, 0.1) is 17.8 Å². The normalized spacial score (nSPS) is 15.6. The smallest absolute Gasteiger partial charge is 0.238 e. The highest BCUT2D eigenvalue weighted by molar-refractivity contribution is 6.05. The maximum absolute atomic E-state index is 12.5. The van der Waals surface area contributed by atoms with Crippen LogP contribution in [0.2, 0.25) is 0 Å². The molecule has 2 heterocycles. The van der Waals surface area contributed by atoms with Crippen LogP contribution in [0.25, 0.3) is 10.9 Å². The summed E-state index contributed by atoms with van der Waals surface area (Å²) in [5, 5.41) is 3.86.